The zero-order valence-electron chi connectivity index (χ0n) is 14.5. The monoisotopic (exact) mass is 371 g/mol. The highest BCUT2D eigenvalue weighted by Gasteiger charge is 2.25. The smallest absolute Gasteiger partial charge is 0.251 e. The summed E-state index contributed by atoms with van der Waals surface area (Å²) in [4.78, 5) is 26.0. The van der Waals surface area contributed by atoms with Gasteiger partial charge >= 0.3 is 0 Å². The SMILES string of the molecule is CC(N)C1CCCN(C(=O)CCCNC(=O)c2ccc(F)cc2)C1.Cl. The molecule has 25 heavy (non-hydrogen) atoms. The van der Waals surface area contributed by atoms with Gasteiger partial charge in [0.25, 0.3) is 5.91 Å². The molecule has 0 spiro atoms. The summed E-state index contributed by atoms with van der Waals surface area (Å²) in [6.45, 7) is 3.94. The summed E-state index contributed by atoms with van der Waals surface area (Å²) in [5.41, 5.74) is 6.36. The molecule has 2 rings (SSSR count). The van der Waals surface area contributed by atoms with Gasteiger partial charge in [0.15, 0.2) is 0 Å². The van der Waals surface area contributed by atoms with E-state index in [4.69, 9.17) is 5.73 Å². The van der Waals surface area contributed by atoms with Crippen LogP contribution in [0.2, 0.25) is 0 Å². The van der Waals surface area contributed by atoms with Gasteiger partial charge in [-0.3, -0.25) is 9.59 Å². The van der Waals surface area contributed by atoms with Crippen LogP contribution >= 0.6 is 12.4 Å². The maximum atomic E-state index is 12.8. The van der Waals surface area contributed by atoms with E-state index in [1.54, 1.807) is 0 Å². The molecule has 140 valence electrons. The highest BCUT2D eigenvalue weighted by atomic mass is 35.5. The van der Waals surface area contributed by atoms with Crippen molar-refractivity contribution in [2.24, 2.45) is 11.7 Å². The number of nitrogens with two attached hydrogens (primary N) is 1. The Morgan fingerprint density at radius 3 is 2.68 bits per heavy atom. The summed E-state index contributed by atoms with van der Waals surface area (Å²) in [6.07, 6.45) is 3.08. The molecule has 1 fully saturated rings. The summed E-state index contributed by atoms with van der Waals surface area (Å²) >= 11 is 0. The van der Waals surface area contributed by atoms with Gasteiger partial charge in [0, 0.05) is 37.7 Å². The number of benzene rings is 1. The molecule has 1 aliphatic heterocycles. The van der Waals surface area contributed by atoms with E-state index >= 15 is 0 Å². The number of carbonyl (C=O) groups is 2. The molecule has 3 N–H and O–H groups in total. The molecule has 2 unspecified atom stereocenters. The van der Waals surface area contributed by atoms with E-state index in [2.05, 4.69) is 5.32 Å². The van der Waals surface area contributed by atoms with Crippen LogP contribution < -0.4 is 11.1 Å². The fourth-order valence-electron chi connectivity index (χ4n) is 2.97. The Morgan fingerprint density at radius 1 is 1.36 bits per heavy atom. The van der Waals surface area contributed by atoms with Gasteiger partial charge in [0.05, 0.1) is 0 Å². The molecule has 1 aromatic carbocycles. The number of hydrogen-bond donors (Lipinski definition) is 2. The third-order valence-corrected chi connectivity index (χ3v) is 4.51. The van der Waals surface area contributed by atoms with Crippen LogP contribution in [-0.2, 0) is 4.79 Å². The number of hydrogen-bond acceptors (Lipinski definition) is 3. The van der Waals surface area contributed by atoms with Gasteiger partial charge in [0.1, 0.15) is 5.82 Å². The standard InChI is InChI=1S/C18H26FN3O2.ClH/c1-13(20)15-4-3-11-22(12-15)17(23)5-2-10-21-18(24)14-6-8-16(19)9-7-14;/h6-9,13,15H,2-5,10-12,20H2,1H3,(H,21,24);1H. The molecule has 0 aromatic heterocycles. The molecular weight excluding hydrogens is 345 g/mol. The highest BCUT2D eigenvalue weighted by Crippen LogP contribution is 2.19. The number of nitrogens with one attached hydrogen (secondary N) is 1. The first-order valence-corrected chi connectivity index (χ1v) is 8.54. The lowest BCUT2D eigenvalue weighted by Crippen LogP contribution is -2.45. The largest absolute Gasteiger partial charge is 0.352 e. The van der Waals surface area contributed by atoms with Crippen molar-refractivity contribution in [2.45, 2.75) is 38.6 Å². The number of rotatable bonds is 6. The molecule has 0 bridgehead atoms. The number of carbonyl (C=O) groups excluding carboxylic acids is 2. The zero-order valence-corrected chi connectivity index (χ0v) is 15.4. The Morgan fingerprint density at radius 2 is 2.04 bits per heavy atom. The first-order valence-electron chi connectivity index (χ1n) is 8.54. The molecule has 7 heteroatoms. The van der Waals surface area contributed by atoms with Gasteiger partial charge in [-0.1, -0.05) is 0 Å². The number of nitrogens with zero attached hydrogens (tertiary/aromatic N) is 1. The third-order valence-electron chi connectivity index (χ3n) is 4.51. The minimum atomic E-state index is -0.371. The second kappa shape index (κ2) is 10.4. The van der Waals surface area contributed by atoms with Crippen molar-refractivity contribution in [3.8, 4) is 0 Å². The van der Waals surface area contributed by atoms with Gasteiger partial charge in [-0.25, -0.2) is 4.39 Å². The van der Waals surface area contributed by atoms with Crippen molar-refractivity contribution in [1.82, 2.24) is 10.2 Å². The summed E-state index contributed by atoms with van der Waals surface area (Å²) in [5.74, 6) is -0.126. The molecule has 0 aliphatic carbocycles. The minimum absolute atomic E-state index is 0. The second-order valence-electron chi connectivity index (χ2n) is 6.47. The van der Waals surface area contributed by atoms with Crippen LogP contribution in [0.4, 0.5) is 4.39 Å². The van der Waals surface area contributed by atoms with Gasteiger partial charge in [0.2, 0.25) is 5.91 Å². The quantitative estimate of drug-likeness (QED) is 0.753. The molecule has 0 radical (unpaired) electrons. The predicted molar refractivity (Wildman–Crippen MR) is 98.2 cm³/mol. The van der Waals surface area contributed by atoms with Crippen molar-refractivity contribution in [3.05, 3.63) is 35.6 Å². The minimum Gasteiger partial charge on any atom is -0.352 e. The number of piperidine rings is 1. The highest BCUT2D eigenvalue weighted by molar-refractivity contribution is 5.94. The van der Waals surface area contributed by atoms with E-state index in [9.17, 15) is 14.0 Å². The lowest BCUT2D eigenvalue weighted by Gasteiger charge is -2.34. The van der Waals surface area contributed by atoms with E-state index in [-0.39, 0.29) is 36.1 Å². The van der Waals surface area contributed by atoms with Crippen LogP contribution in [0.3, 0.4) is 0 Å². The van der Waals surface area contributed by atoms with E-state index in [1.807, 2.05) is 11.8 Å². The van der Waals surface area contributed by atoms with E-state index in [1.165, 1.54) is 24.3 Å². The van der Waals surface area contributed by atoms with Gasteiger partial charge in [-0.15, -0.1) is 12.4 Å². The first kappa shape index (κ1) is 21.4. The Kier molecular flexibility index (Phi) is 8.86. The second-order valence-corrected chi connectivity index (χ2v) is 6.47. The Hall–Kier alpha value is -1.66. The average Bonchev–Trinajstić information content (AvgIpc) is 2.59. The molecule has 1 saturated heterocycles. The van der Waals surface area contributed by atoms with Gasteiger partial charge in [-0.05, 0) is 56.4 Å². The van der Waals surface area contributed by atoms with Gasteiger partial charge < -0.3 is 16.0 Å². The topological polar surface area (TPSA) is 75.4 Å². The van der Waals surface area contributed by atoms with Gasteiger partial charge in [-0.2, -0.15) is 0 Å². The number of likely N-dealkylation sites (tertiary alicyclic amines) is 1. The molecule has 5 nitrogen and oxygen atoms in total. The van der Waals surface area contributed by atoms with Crippen molar-refractivity contribution in [2.75, 3.05) is 19.6 Å². The molecule has 1 aliphatic rings. The summed E-state index contributed by atoms with van der Waals surface area (Å²) in [6, 6.07) is 5.50. The van der Waals surface area contributed by atoms with Crippen LogP contribution in [0.1, 0.15) is 43.0 Å². The normalized spacial score (nSPS) is 18.2. The van der Waals surface area contributed by atoms with Crippen LogP contribution in [0.5, 0.6) is 0 Å². The van der Waals surface area contributed by atoms with Crippen molar-refractivity contribution in [1.29, 1.82) is 0 Å². The summed E-state index contributed by atoms with van der Waals surface area (Å²) < 4.78 is 12.8. The van der Waals surface area contributed by atoms with Crippen LogP contribution in [0.15, 0.2) is 24.3 Å². The molecule has 2 atom stereocenters. The molecule has 1 aromatic rings. The summed E-state index contributed by atoms with van der Waals surface area (Å²) in [7, 11) is 0. The van der Waals surface area contributed by atoms with E-state index in [0.29, 0.717) is 30.9 Å². The lowest BCUT2D eigenvalue weighted by atomic mass is 9.92. The predicted octanol–water partition coefficient (Wildman–Crippen LogP) is 2.34. The third kappa shape index (κ3) is 6.63. The average molecular weight is 372 g/mol. The van der Waals surface area contributed by atoms with E-state index < -0.39 is 0 Å². The lowest BCUT2D eigenvalue weighted by molar-refractivity contribution is -0.133. The van der Waals surface area contributed by atoms with Crippen molar-refractivity contribution >= 4 is 24.2 Å². The Labute approximate surface area is 154 Å². The molecule has 1 heterocycles. The van der Waals surface area contributed by atoms with Crippen molar-refractivity contribution in [3.63, 3.8) is 0 Å². The maximum absolute atomic E-state index is 12.8. The van der Waals surface area contributed by atoms with E-state index in [0.717, 1.165) is 25.9 Å². The molecule has 0 saturated carbocycles. The van der Waals surface area contributed by atoms with Crippen molar-refractivity contribution < 1.29 is 14.0 Å². The number of amides is 2. The summed E-state index contributed by atoms with van der Waals surface area (Å²) in [5, 5.41) is 2.75. The van der Waals surface area contributed by atoms with Crippen LogP contribution in [-0.4, -0.2) is 42.4 Å². The number of halogens is 2. The zero-order chi connectivity index (χ0) is 17.5. The molecule has 2 amide bonds. The maximum Gasteiger partial charge on any atom is 0.251 e. The Balaban J connectivity index is 0.00000312. The van der Waals surface area contributed by atoms with Crippen LogP contribution in [0, 0.1) is 11.7 Å². The Bertz CT molecular complexity index is 566. The first-order chi connectivity index (χ1) is 11.5. The fraction of sp³-hybridized carbons (Fsp3) is 0.556. The molecular formula is C18H27ClFN3O2. The fourth-order valence-corrected chi connectivity index (χ4v) is 2.97. The van der Waals surface area contributed by atoms with Crippen LogP contribution in [0.25, 0.3) is 0 Å².